The number of nitrogens with one attached hydrogen (secondary N) is 1. The smallest absolute Gasteiger partial charge is 0.264 e. The van der Waals surface area contributed by atoms with Gasteiger partial charge in [-0.2, -0.15) is 0 Å². The third kappa shape index (κ3) is 7.07. The Labute approximate surface area is 226 Å². The van der Waals surface area contributed by atoms with Crippen LogP contribution in [0.2, 0.25) is 0 Å². The average molecular weight is 620 g/mol. The fraction of sp³-hybridized carbons (Fsp3) is 0.259. The van der Waals surface area contributed by atoms with Crippen molar-refractivity contribution in [1.29, 1.82) is 0 Å². The van der Waals surface area contributed by atoms with Gasteiger partial charge < -0.3 is 10.2 Å². The van der Waals surface area contributed by atoms with E-state index >= 15 is 0 Å². The highest BCUT2D eigenvalue weighted by molar-refractivity contribution is 14.1. The molecule has 3 aromatic carbocycles. The molecule has 0 saturated carbocycles. The Kier molecular flexibility index (Phi) is 9.89. The van der Waals surface area contributed by atoms with Gasteiger partial charge in [0, 0.05) is 16.7 Å². The fourth-order valence-electron chi connectivity index (χ4n) is 3.75. The highest BCUT2D eigenvalue weighted by Crippen LogP contribution is 2.25. The van der Waals surface area contributed by atoms with Gasteiger partial charge in [0.1, 0.15) is 12.6 Å². The molecule has 2 amide bonds. The Morgan fingerprint density at radius 2 is 1.50 bits per heavy atom. The largest absolute Gasteiger partial charge is 0.355 e. The van der Waals surface area contributed by atoms with Crippen LogP contribution in [-0.2, 0) is 26.0 Å². The standard InChI is InChI=1S/C27H30IN3O4S/c1-3-29-27(33)21(2)30(19-18-22-10-6-4-7-11-22)26(32)20-31(24-16-14-23(28)15-17-24)36(34,35)25-12-8-5-9-13-25/h4-17,21H,3,18-20H2,1-2H3,(H,29,33). The summed E-state index contributed by atoms with van der Waals surface area (Å²) in [7, 11) is -4.04. The Morgan fingerprint density at radius 1 is 0.917 bits per heavy atom. The Balaban J connectivity index is 1.95. The fourth-order valence-corrected chi connectivity index (χ4v) is 5.54. The Hall–Kier alpha value is -2.92. The van der Waals surface area contributed by atoms with Crippen molar-refractivity contribution in [2.24, 2.45) is 0 Å². The molecule has 0 fully saturated rings. The first-order chi connectivity index (χ1) is 17.2. The minimum Gasteiger partial charge on any atom is -0.355 e. The summed E-state index contributed by atoms with van der Waals surface area (Å²) in [6, 6.07) is 23.9. The van der Waals surface area contributed by atoms with Crippen LogP contribution in [0.1, 0.15) is 19.4 Å². The highest BCUT2D eigenvalue weighted by atomic mass is 127. The van der Waals surface area contributed by atoms with Crippen molar-refractivity contribution >= 4 is 50.1 Å². The van der Waals surface area contributed by atoms with E-state index in [1.165, 1.54) is 17.0 Å². The van der Waals surface area contributed by atoms with E-state index in [0.717, 1.165) is 13.4 Å². The van der Waals surface area contributed by atoms with Crippen molar-refractivity contribution in [2.75, 3.05) is 23.9 Å². The van der Waals surface area contributed by atoms with E-state index in [1.807, 2.05) is 37.3 Å². The second-order valence-electron chi connectivity index (χ2n) is 8.19. The second-order valence-corrected chi connectivity index (χ2v) is 11.3. The first kappa shape index (κ1) is 27.7. The molecule has 190 valence electrons. The maximum atomic E-state index is 13.7. The third-order valence-electron chi connectivity index (χ3n) is 5.73. The van der Waals surface area contributed by atoms with Gasteiger partial charge in [-0.25, -0.2) is 8.42 Å². The van der Waals surface area contributed by atoms with Crippen LogP contribution in [0.25, 0.3) is 0 Å². The predicted octanol–water partition coefficient (Wildman–Crippen LogP) is 4.08. The molecule has 3 aromatic rings. The molecule has 0 aliphatic heterocycles. The predicted molar refractivity (Wildman–Crippen MR) is 150 cm³/mol. The van der Waals surface area contributed by atoms with Crippen LogP contribution >= 0.6 is 22.6 Å². The molecule has 0 aliphatic carbocycles. The van der Waals surface area contributed by atoms with Gasteiger partial charge in [0.2, 0.25) is 11.8 Å². The van der Waals surface area contributed by atoms with Crippen LogP contribution in [0.5, 0.6) is 0 Å². The molecule has 3 rings (SSSR count). The van der Waals surface area contributed by atoms with E-state index in [0.29, 0.717) is 18.7 Å². The zero-order chi connectivity index (χ0) is 26.1. The number of benzene rings is 3. The Bertz CT molecular complexity index is 1250. The number of sulfonamides is 1. The molecule has 7 nitrogen and oxygen atoms in total. The summed E-state index contributed by atoms with van der Waals surface area (Å²) in [5.74, 6) is -0.742. The van der Waals surface area contributed by atoms with Crippen molar-refractivity contribution in [3.63, 3.8) is 0 Å². The lowest BCUT2D eigenvalue weighted by molar-refractivity contribution is -0.138. The van der Waals surface area contributed by atoms with Crippen LogP contribution < -0.4 is 9.62 Å². The van der Waals surface area contributed by atoms with Crippen LogP contribution in [0.4, 0.5) is 5.69 Å². The van der Waals surface area contributed by atoms with E-state index in [-0.39, 0.29) is 17.3 Å². The number of carbonyl (C=O) groups is 2. The lowest BCUT2D eigenvalue weighted by Crippen LogP contribution is -2.52. The SMILES string of the molecule is CCNC(=O)C(C)N(CCc1ccccc1)C(=O)CN(c1ccc(I)cc1)S(=O)(=O)c1ccccc1. The van der Waals surface area contributed by atoms with Gasteiger partial charge in [0.25, 0.3) is 10.0 Å². The molecule has 0 aliphatic rings. The molecule has 1 N–H and O–H groups in total. The van der Waals surface area contributed by atoms with Gasteiger partial charge in [-0.1, -0.05) is 48.5 Å². The topological polar surface area (TPSA) is 86.8 Å². The van der Waals surface area contributed by atoms with Crippen molar-refractivity contribution in [1.82, 2.24) is 10.2 Å². The van der Waals surface area contributed by atoms with Gasteiger partial charge in [0.05, 0.1) is 10.6 Å². The number of rotatable bonds is 11. The molecular weight excluding hydrogens is 589 g/mol. The quantitative estimate of drug-likeness (QED) is 0.328. The minimum atomic E-state index is -4.04. The van der Waals surface area contributed by atoms with E-state index < -0.39 is 28.5 Å². The van der Waals surface area contributed by atoms with Gasteiger partial charge >= 0.3 is 0 Å². The molecule has 0 aromatic heterocycles. The highest BCUT2D eigenvalue weighted by Gasteiger charge is 2.32. The lowest BCUT2D eigenvalue weighted by atomic mass is 10.1. The molecule has 1 atom stereocenters. The normalized spacial score (nSPS) is 12.0. The number of anilines is 1. The monoisotopic (exact) mass is 619 g/mol. The summed E-state index contributed by atoms with van der Waals surface area (Å²) < 4.78 is 29.3. The van der Waals surface area contributed by atoms with E-state index in [4.69, 9.17) is 0 Å². The van der Waals surface area contributed by atoms with Crippen molar-refractivity contribution in [3.05, 3.63) is 94.1 Å². The first-order valence-electron chi connectivity index (χ1n) is 11.7. The van der Waals surface area contributed by atoms with Gasteiger partial charge in [-0.05, 0) is 84.8 Å². The number of amides is 2. The summed E-state index contributed by atoms with van der Waals surface area (Å²) in [4.78, 5) is 27.9. The maximum absolute atomic E-state index is 13.7. The summed E-state index contributed by atoms with van der Waals surface area (Å²) in [6.45, 7) is 3.74. The molecule has 9 heteroatoms. The van der Waals surface area contributed by atoms with Gasteiger partial charge in [0.15, 0.2) is 0 Å². The number of hydrogen-bond acceptors (Lipinski definition) is 4. The van der Waals surface area contributed by atoms with Gasteiger partial charge in [-0.15, -0.1) is 0 Å². The summed E-state index contributed by atoms with van der Waals surface area (Å²) in [5.41, 5.74) is 1.39. The molecule has 0 heterocycles. The summed E-state index contributed by atoms with van der Waals surface area (Å²) in [6.07, 6.45) is 0.533. The molecule has 0 spiro atoms. The van der Waals surface area contributed by atoms with Crippen molar-refractivity contribution in [2.45, 2.75) is 31.2 Å². The van der Waals surface area contributed by atoms with E-state index in [2.05, 4.69) is 27.9 Å². The van der Waals surface area contributed by atoms with Crippen molar-refractivity contribution in [3.8, 4) is 0 Å². The molecule has 0 radical (unpaired) electrons. The summed E-state index contributed by atoms with van der Waals surface area (Å²) in [5, 5.41) is 2.76. The number of nitrogens with zero attached hydrogens (tertiary/aromatic N) is 2. The number of halogens is 1. The molecule has 1 unspecified atom stereocenters. The second kappa shape index (κ2) is 12.9. The van der Waals surface area contributed by atoms with E-state index in [9.17, 15) is 18.0 Å². The first-order valence-corrected chi connectivity index (χ1v) is 14.2. The zero-order valence-corrected chi connectivity index (χ0v) is 23.3. The number of likely N-dealkylation sites (N-methyl/N-ethyl adjacent to an activating group) is 1. The summed E-state index contributed by atoms with van der Waals surface area (Å²) >= 11 is 2.14. The van der Waals surface area contributed by atoms with E-state index in [1.54, 1.807) is 49.4 Å². The molecular formula is C27H30IN3O4S. The van der Waals surface area contributed by atoms with Crippen LogP contribution in [0.3, 0.4) is 0 Å². The molecule has 0 saturated heterocycles. The average Bonchev–Trinajstić information content (AvgIpc) is 2.89. The zero-order valence-electron chi connectivity index (χ0n) is 20.3. The lowest BCUT2D eigenvalue weighted by Gasteiger charge is -2.32. The number of carbonyl (C=O) groups excluding carboxylic acids is 2. The minimum absolute atomic E-state index is 0.0870. The number of hydrogen-bond donors (Lipinski definition) is 1. The molecule has 36 heavy (non-hydrogen) atoms. The van der Waals surface area contributed by atoms with Gasteiger partial charge in [-0.3, -0.25) is 13.9 Å². The third-order valence-corrected chi connectivity index (χ3v) is 8.23. The van der Waals surface area contributed by atoms with Crippen LogP contribution in [-0.4, -0.2) is 50.8 Å². The van der Waals surface area contributed by atoms with Crippen LogP contribution in [0, 0.1) is 3.57 Å². The maximum Gasteiger partial charge on any atom is 0.264 e. The Morgan fingerprint density at radius 3 is 2.08 bits per heavy atom. The molecule has 0 bridgehead atoms. The van der Waals surface area contributed by atoms with Crippen LogP contribution in [0.15, 0.2) is 89.8 Å². The van der Waals surface area contributed by atoms with Crippen molar-refractivity contribution < 1.29 is 18.0 Å².